The van der Waals surface area contributed by atoms with Gasteiger partial charge in [0.1, 0.15) is 11.5 Å². The van der Waals surface area contributed by atoms with Gasteiger partial charge in [-0.2, -0.15) is 5.10 Å². The van der Waals surface area contributed by atoms with Gasteiger partial charge in [-0.3, -0.25) is 10.1 Å². The molecule has 0 radical (unpaired) electrons. The van der Waals surface area contributed by atoms with Crippen LogP contribution in [0.5, 0.6) is 0 Å². The van der Waals surface area contributed by atoms with Crippen LogP contribution in [0.4, 0.5) is 0 Å². The Labute approximate surface area is 94.1 Å². The smallest absolute Gasteiger partial charge is 0.199 e. The molecule has 16 heavy (non-hydrogen) atoms. The number of aryl methyl sites for hydroxylation is 2. The van der Waals surface area contributed by atoms with Gasteiger partial charge in [-0.1, -0.05) is 0 Å². The van der Waals surface area contributed by atoms with Crippen LogP contribution in [0.2, 0.25) is 0 Å². The third-order valence-corrected chi connectivity index (χ3v) is 2.29. The molecule has 0 saturated carbocycles. The lowest BCUT2D eigenvalue weighted by atomic mass is 10.2. The average molecular weight is 217 g/mol. The van der Waals surface area contributed by atoms with Crippen molar-refractivity contribution in [2.45, 2.75) is 19.8 Å². The minimum absolute atomic E-state index is 0.649. The first-order valence-electron chi connectivity index (χ1n) is 5.34. The van der Waals surface area contributed by atoms with Crippen LogP contribution in [0.1, 0.15) is 17.8 Å². The summed E-state index contributed by atoms with van der Waals surface area (Å²) in [4.78, 5) is 8.61. The zero-order valence-corrected chi connectivity index (χ0v) is 9.27. The summed E-state index contributed by atoms with van der Waals surface area (Å²) >= 11 is 0. The molecule has 0 saturated heterocycles. The summed E-state index contributed by atoms with van der Waals surface area (Å²) in [7, 11) is 0. The summed E-state index contributed by atoms with van der Waals surface area (Å²) in [6.07, 6.45) is 3.51. The van der Waals surface area contributed by atoms with Crippen molar-refractivity contribution >= 4 is 0 Å². The number of nitrogens with zero attached hydrogens (tertiary/aromatic N) is 3. The number of aromatic amines is 1. The van der Waals surface area contributed by atoms with Crippen LogP contribution < -0.4 is 5.73 Å². The molecule has 84 valence electrons. The maximum Gasteiger partial charge on any atom is 0.199 e. The molecular weight excluding hydrogens is 202 g/mol. The molecule has 2 heterocycles. The Kier molecular flexibility index (Phi) is 3.26. The molecule has 0 bridgehead atoms. The van der Waals surface area contributed by atoms with Gasteiger partial charge in [-0.05, 0) is 37.6 Å². The van der Waals surface area contributed by atoms with E-state index in [1.165, 1.54) is 0 Å². The molecule has 0 aromatic carbocycles. The largest absolute Gasteiger partial charge is 0.330 e. The quantitative estimate of drug-likeness (QED) is 0.802. The number of aromatic nitrogens is 4. The van der Waals surface area contributed by atoms with Crippen LogP contribution in [-0.2, 0) is 6.42 Å². The van der Waals surface area contributed by atoms with Crippen molar-refractivity contribution in [1.29, 1.82) is 0 Å². The molecule has 3 N–H and O–H groups in total. The van der Waals surface area contributed by atoms with E-state index in [0.717, 1.165) is 29.9 Å². The molecule has 0 amide bonds. The number of hydrogen-bond donors (Lipinski definition) is 2. The van der Waals surface area contributed by atoms with Gasteiger partial charge in [-0.15, -0.1) is 0 Å². The molecule has 2 rings (SSSR count). The van der Waals surface area contributed by atoms with E-state index in [4.69, 9.17) is 5.73 Å². The predicted octanol–water partition coefficient (Wildman–Crippen LogP) is 1.07. The van der Waals surface area contributed by atoms with Crippen molar-refractivity contribution in [2.24, 2.45) is 5.73 Å². The highest BCUT2D eigenvalue weighted by molar-refractivity contribution is 5.49. The molecule has 2 aromatic heterocycles. The fourth-order valence-electron chi connectivity index (χ4n) is 1.45. The van der Waals surface area contributed by atoms with E-state index in [2.05, 4.69) is 20.2 Å². The maximum atomic E-state index is 5.44. The van der Waals surface area contributed by atoms with Crippen LogP contribution in [-0.4, -0.2) is 26.7 Å². The van der Waals surface area contributed by atoms with Gasteiger partial charge in [-0.25, -0.2) is 4.98 Å². The monoisotopic (exact) mass is 217 g/mol. The number of nitrogens with two attached hydrogens (primary N) is 1. The summed E-state index contributed by atoms with van der Waals surface area (Å²) in [5.41, 5.74) is 7.39. The molecule has 0 aliphatic rings. The number of rotatable bonds is 4. The summed E-state index contributed by atoms with van der Waals surface area (Å²) in [5, 5.41) is 7.04. The average Bonchev–Trinajstić information content (AvgIpc) is 2.75. The third kappa shape index (κ3) is 2.43. The second-order valence-corrected chi connectivity index (χ2v) is 3.72. The first-order chi connectivity index (χ1) is 7.79. The minimum atomic E-state index is 0.649. The standard InChI is InChI=1S/C11H15N5/c1-8-4-6-13-9(7-8)11-14-10(15-16-11)3-2-5-12/h4,6-7H,2-3,5,12H2,1H3,(H,14,15,16). The Morgan fingerprint density at radius 3 is 3.06 bits per heavy atom. The van der Waals surface area contributed by atoms with E-state index in [1.54, 1.807) is 6.20 Å². The summed E-state index contributed by atoms with van der Waals surface area (Å²) in [6.45, 7) is 2.69. The van der Waals surface area contributed by atoms with Gasteiger partial charge in [0, 0.05) is 12.6 Å². The lowest BCUT2D eigenvalue weighted by Gasteiger charge is -1.95. The SMILES string of the molecule is Cc1ccnc(-c2n[nH]c(CCCN)n2)c1. The Hall–Kier alpha value is -1.75. The van der Waals surface area contributed by atoms with Crippen LogP contribution in [0.15, 0.2) is 18.3 Å². The molecule has 0 unspecified atom stereocenters. The molecule has 2 aromatic rings. The Bertz CT molecular complexity index is 463. The molecule has 5 heteroatoms. The van der Waals surface area contributed by atoms with Crippen molar-refractivity contribution in [1.82, 2.24) is 20.2 Å². The number of hydrogen-bond acceptors (Lipinski definition) is 4. The van der Waals surface area contributed by atoms with E-state index in [-0.39, 0.29) is 0 Å². The lowest BCUT2D eigenvalue weighted by Crippen LogP contribution is -2.01. The van der Waals surface area contributed by atoms with Crippen LogP contribution in [0, 0.1) is 6.92 Å². The molecule has 0 atom stereocenters. The first kappa shape index (κ1) is 10.8. The van der Waals surface area contributed by atoms with Gasteiger partial charge >= 0.3 is 0 Å². The Morgan fingerprint density at radius 2 is 2.31 bits per heavy atom. The van der Waals surface area contributed by atoms with Gasteiger partial charge < -0.3 is 5.73 Å². The molecule has 0 fully saturated rings. The minimum Gasteiger partial charge on any atom is -0.330 e. The predicted molar refractivity (Wildman–Crippen MR) is 61.7 cm³/mol. The van der Waals surface area contributed by atoms with Crippen molar-refractivity contribution < 1.29 is 0 Å². The van der Waals surface area contributed by atoms with Gasteiger partial charge in [0.05, 0.1) is 0 Å². The maximum absolute atomic E-state index is 5.44. The fraction of sp³-hybridized carbons (Fsp3) is 0.364. The fourth-order valence-corrected chi connectivity index (χ4v) is 1.45. The molecule has 0 aliphatic carbocycles. The molecule has 0 aliphatic heterocycles. The van der Waals surface area contributed by atoms with Gasteiger partial charge in [0.25, 0.3) is 0 Å². The van der Waals surface area contributed by atoms with E-state index >= 15 is 0 Å². The van der Waals surface area contributed by atoms with E-state index in [9.17, 15) is 0 Å². The van der Waals surface area contributed by atoms with Crippen molar-refractivity contribution in [2.75, 3.05) is 6.54 Å². The third-order valence-electron chi connectivity index (χ3n) is 2.29. The topological polar surface area (TPSA) is 80.5 Å². The van der Waals surface area contributed by atoms with Crippen LogP contribution in [0.3, 0.4) is 0 Å². The Balaban J connectivity index is 2.18. The Morgan fingerprint density at radius 1 is 1.44 bits per heavy atom. The lowest BCUT2D eigenvalue weighted by molar-refractivity contribution is 0.785. The number of H-pyrrole nitrogens is 1. The zero-order chi connectivity index (χ0) is 11.4. The van der Waals surface area contributed by atoms with Crippen molar-refractivity contribution in [3.63, 3.8) is 0 Å². The van der Waals surface area contributed by atoms with Crippen LogP contribution >= 0.6 is 0 Å². The normalized spacial score (nSPS) is 10.6. The highest BCUT2D eigenvalue weighted by Gasteiger charge is 2.06. The number of pyridine rings is 1. The van der Waals surface area contributed by atoms with E-state index in [0.29, 0.717) is 12.4 Å². The molecule has 5 nitrogen and oxygen atoms in total. The summed E-state index contributed by atoms with van der Waals surface area (Å²) in [5.74, 6) is 1.51. The first-order valence-corrected chi connectivity index (χ1v) is 5.34. The summed E-state index contributed by atoms with van der Waals surface area (Å²) < 4.78 is 0. The summed E-state index contributed by atoms with van der Waals surface area (Å²) in [6, 6.07) is 3.92. The molecular formula is C11H15N5. The van der Waals surface area contributed by atoms with Gasteiger partial charge in [0.15, 0.2) is 5.82 Å². The highest BCUT2D eigenvalue weighted by atomic mass is 15.2. The van der Waals surface area contributed by atoms with E-state index in [1.807, 2.05) is 19.1 Å². The highest BCUT2D eigenvalue weighted by Crippen LogP contribution is 2.12. The molecule has 0 spiro atoms. The van der Waals surface area contributed by atoms with Gasteiger partial charge in [0.2, 0.25) is 0 Å². The van der Waals surface area contributed by atoms with Crippen molar-refractivity contribution in [3.8, 4) is 11.5 Å². The second-order valence-electron chi connectivity index (χ2n) is 3.72. The van der Waals surface area contributed by atoms with Crippen LogP contribution in [0.25, 0.3) is 11.5 Å². The second kappa shape index (κ2) is 4.85. The van der Waals surface area contributed by atoms with E-state index < -0.39 is 0 Å². The zero-order valence-electron chi connectivity index (χ0n) is 9.27. The number of nitrogens with one attached hydrogen (secondary N) is 1. The van der Waals surface area contributed by atoms with Crippen molar-refractivity contribution in [3.05, 3.63) is 29.7 Å².